The SMILES string of the molecule is C=CC(CCC)CCCCNC. The highest BCUT2D eigenvalue weighted by atomic mass is 14.8. The Hall–Kier alpha value is -0.300. The molecule has 0 aliphatic carbocycles. The fourth-order valence-corrected chi connectivity index (χ4v) is 1.46. The molecule has 0 spiro atoms. The first-order valence-electron chi connectivity index (χ1n) is 5.12. The van der Waals surface area contributed by atoms with Crippen molar-refractivity contribution in [1.82, 2.24) is 5.32 Å². The standard InChI is InChI=1S/C11H23N/c1-4-8-11(5-2)9-6-7-10-12-3/h5,11-12H,2,4,6-10H2,1,3H3. The van der Waals surface area contributed by atoms with Crippen LogP contribution in [-0.2, 0) is 0 Å². The van der Waals surface area contributed by atoms with Gasteiger partial charge in [0.05, 0.1) is 0 Å². The van der Waals surface area contributed by atoms with E-state index in [4.69, 9.17) is 0 Å². The van der Waals surface area contributed by atoms with Crippen molar-refractivity contribution in [3.8, 4) is 0 Å². The van der Waals surface area contributed by atoms with E-state index in [1.165, 1.54) is 32.1 Å². The molecule has 0 amide bonds. The Morgan fingerprint density at radius 2 is 2.08 bits per heavy atom. The van der Waals surface area contributed by atoms with E-state index < -0.39 is 0 Å². The smallest absolute Gasteiger partial charge is 0.00519 e. The molecule has 0 aromatic rings. The van der Waals surface area contributed by atoms with Crippen LogP contribution in [0, 0.1) is 5.92 Å². The van der Waals surface area contributed by atoms with Crippen LogP contribution in [0.4, 0.5) is 0 Å². The van der Waals surface area contributed by atoms with Gasteiger partial charge in [-0.1, -0.05) is 25.8 Å². The Balaban J connectivity index is 3.25. The Morgan fingerprint density at radius 1 is 1.33 bits per heavy atom. The molecule has 12 heavy (non-hydrogen) atoms. The minimum atomic E-state index is 0.756. The normalized spacial score (nSPS) is 12.8. The third-order valence-electron chi connectivity index (χ3n) is 2.24. The molecule has 1 N–H and O–H groups in total. The van der Waals surface area contributed by atoms with E-state index in [2.05, 4.69) is 24.9 Å². The molecule has 0 rings (SSSR count). The zero-order valence-electron chi connectivity index (χ0n) is 8.60. The van der Waals surface area contributed by atoms with Crippen molar-refractivity contribution in [3.63, 3.8) is 0 Å². The Kier molecular flexibility index (Phi) is 8.57. The second kappa shape index (κ2) is 8.79. The van der Waals surface area contributed by atoms with Crippen molar-refractivity contribution in [2.24, 2.45) is 5.92 Å². The first kappa shape index (κ1) is 11.7. The summed E-state index contributed by atoms with van der Waals surface area (Å²) < 4.78 is 0. The van der Waals surface area contributed by atoms with E-state index in [0.29, 0.717) is 0 Å². The van der Waals surface area contributed by atoms with Gasteiger partial charge >= 0.3 is 0 Å². The van der Waals surface area contributed by atoms with Crippen LogP contribution in [-0.4, -0.2) is 13.6 Å². The molecule has 0 heterocycles. The largest absolute Gasteiger partial charge is 0.320 e. The zero-order valence-corrected chi connectivity index (χ0v) is 8.60. The second-order valence-electron chi connectivity index (χ2n) is 3.38. The van der Waals surface area contributed by atoms with E-state index >= 15 is 0 Å². The molecule has 72 valence electrons. The molecule has 1 heteroatoms. The van der Waals surface area contributed by atoms with Crippen molar-refractivity contribution < 1.29 is 0 Å². The van der Waals surface area contributed by atoms with E-state index in [1.54, 1.807) is 0 Å². The molecule has 0 saturated heterocycles. The highest BCUT2D eigenvalue weighted by molar-refractivity contribution is 4.78. The Labute approximate surface area is 77.2 Å². The Bertz CT molecular complexity index is 99.2. The minimum Gasteiger partial charge on any atom is -0.320 e. The summed E-state index contributed by atoms with van der Waals surface area (Å²) in [6.45, 7) is 7.25. The van der Waals surface area contributed by atoms with Gasteiger partial charge in [-0.3, -0.25) is 0 Å². The summed E-state index contributed by atoms with van der Waals surface area (Å²) in [4.78, 5) is 0. The van der Waals surface area contributed by atoms with Crippen LogP contribution in [0.2, 0.25) is 0 Å². The monoisotopic (exact) mass is 169 g/mol. The van der Waals surface area contributed by atoms with Crippen molar-refractivity contribution in [2.45, 2.75) is 39.0 Å². The summed E-state index contributed by atoms with van der Waals surface area (Å²) in [5, 5.41) is 3.17. The summed E-state index contributed by atoms with van der Waals surface area (Å²) in [6, 6.07) is 0. The number of rotatable bonds is 8. The van der Waals surface area contributed by atoms with Gasteiger partial charge in [0.1, 0.15) is 0 Å². The minimum absolute atomic E-state index is 0.756. The fourth-order valence-electron chi connectivity index (χ4n) is 1.46. The van der Waals surface area contributed by atoms with Crippen molar-refractivity contribution in [2.75, 3.05) is 13.6 Å². The maximum atomic E-state index is 3.86. The molecule has 1 unspecified atom stereocenters. The average Bonchev–Trinajstić information content (AvgIpc) is 2.10. The van der Waals surface area contributed by atoms with Gasteiger partial charge in [0.15, 0.2) is 0 Å². The number of hydrogen-bond acceptors (Lipinski definition) is 1. The quantitative estimate of drug-likeness (QED) is 0.435. The van der Waals surface area contributed by atoms with Gasteiger partial charge in [0.25, 0.3) is 0 Å². The predicted octanol–water partition coefficient (Wildman–Crippen LogP) is 2.98. The lowest BCUT2D eigenvalue weighted by atomic mass is 9.97. The molecule has 0 aliphatic rings. The van der Waals surface area contributed by atoms with Crippen molar-refractivity contribution >= 4 is 0 Å². The van der Waals surface area contributed by atoms with Gasteiger partial charge in [-0.05, 0) is 38.8 Å². The molecule has 0 aromatic heterocycles. The molecule has 0 bridgehead atoms. The molecule has 0 radical (unpaired) electrons. The third kappa shape index (κ3) is 6.41. The first-order valence-corrected chi connectivity index (χ1v) is 5.12. The molecule has 1 nitrogen and oxygen atoms in total. The van der Waals surface area contributed by atoms with E-state index in [1.807, 2.05) is 7.05 Å². The van der Waals surface area contributed by atoms with Crippen LogP contribution >= 0.6 is 0 Å². The molecular weight excluding hydrogens is 146 g/mol. The van der Waals surface area contributed by atoms with Crippen LogP contribution in [0.25, 0.3) is 0 Å². The van der Waals surface area contributed by atoms with Crippen molar-refractivity contribution in [3.05, 3.63) is 12.7 Å². The average molecular weight is 169 g/mol. The van der Waals surface area contributed by atoms with Crippen molar-refractivity contribution in [1.29, 1.82) is 0 Å². The van der Waals surface area contributed by atoms with Gasteiger partial charge in [-0.25, -0.2) is 0 Å². The summed E-state index contributed by atoms with van der Waals surface area (Å²) in [7, 11) is 2.01. The Morgan fingerprint density at radius 3 is 2.58 bits per heavy atom. The van der Waals surface area contributed by atoms with Crippen LogP contribution in [0.1, 0.15) is 39.0 Å². The number of hydrogen-bond donors (Lipinski definition) is 1. The second-order valence-corrected chi connectivity index (χ2v) is 3.38. The van der Waals surface area contributed by atoms with E-state index in [-0.39, 0.29) is 0 Å². The van der Waals surface area contributed by atoms with E-state index in [9.17, 15) is 0 Å². The third-order valence-corrected chi connectivity index (χ3v) is 2.24. The van der Waals surface area contributed by atoms with Crippen LogP contribution in [0.5, 0.6) is 0 Å². The highest BCUT2D eigenvalue weighted by Gasteiger charge is 2.01. The van der Waals surface area contributed by atoms with Crippen LogP contribution in [0.15, 0.2) is 12.7 Å². The van der Waals surface area contributed by atoms with Gasteiger partial charge in [0, 0.05) is 0 Å². The predicted molar refractivity (Wildman–Crippen MR) is 56.4 cm³/mol. The van der Waals surface area contributed by atoms with Gasteiger partial charge in [-0.15, -0.1) is 6.58 Å². The van der Waals surface area contributed by atoms with Gasteiger partial charge < -0.3 is 5.32 Å². The summed E-state index contributed by atoms with van der Waals surface area (Å²) in [6.07, 6.45) is 8.65. The molecule has 1 atom stereocenters. The lowest BCUT2D eigenvalue weighted by Gasteiger charge is -2.10. The topological polar surface area (TPSA) is 12.0 Å². The molecular formula is C11H23N. The molecule has 0 aromatic carbocycles. The highest BCUT2D eigenvalue weighted by Crippen LogP contribution is 2.15. The van der Waals surface area contributed by atoms with E-state index in [0.717, 1.165) is 12.5 Å². The summed E-state index contributed by atoms with van der Waals surface area (Å²) in [5.41, 5.74) is 0. The lowest BCUT2D eigenvalue weighted by Crippen LogP contribution is -2.07. The summed E-state index contributed by atoms with van der Waals surface area (Å²) >= 11 is 0. The number of nitrogens with one attached hydrogen (secondary N) is 1. The number of allylic oxidation sites excluding steroid dienone is 1. The van der Waals surface area contributed by atoms with Gasteiger partial charge in [0.2, 0.25) is 0 Å². The molecule has 0 saturated carbocycles. The first-order chi connectivity index (χ1) is 5.85. The zero-order chi connectivity index (χ0) is 9.23. The van der Waals surface area contributed by atoms with Crippen LogP contribution in [0.3, 0.4) is 0 Å². The molecule has 0 aliphatic heterocycles. The summed E-state index contributed by atoms with van der Waals surface area (Å²) in [5.74, 6) is 0.756. The van der Waals surface area contributed by atoms with Gasteiger partial charge in [-0.2, -0.15) is 0 Å². The van der Waals surface area contributed by atoms with Crippen LogP contribution < -0.4 is 5.32 Å². The lowest BCUT2D eigenvalue weighted by molar-refractivity contribution is 0.500. The number of unbranched alkanes of at least 4 members (excludes halogenated alkanes) is 1. The fraction of sp³-hybridized carbons (Fsp3) is 0.818. The maximum absolute atomic E-state index is 3.86. The molecule has 0 fully saturated rings. The maximum Gasteiger partial charge on any atom is -0.00519 e.